The van der Waals surface area contributed by atoms with E-state index in [-0.39, 0.29) is 11.3 Å². The molecular formula is C23H36N2O3. The molecule has 156 valence electrons. The van der Waals surface area contributed by atoms with Crippen LogP contribution in [0.5, 0.6) is 5.75 Å². The van der Waals surface area contributed by atoms with Gasteiger partial charge in [0.15, 0.2) is 0 Å². The van der Waals surface area contributed by atoms with Gasteiger partial charge in [-0.2, -0.15) is 0 Å². The van der Waals surface area contributed by atoms with Crippen LogP contribution in [0.2, 0.25) is 0 Å². The monoisotopic (exact) mass is 388 g/mol. The third-order valence-electron chi connectivity index (χ3n) is 6.55. The molecule has 1 amide bonds. The zero-order chi connectivity index (χ0) is 19.8. The van der Waals surface area contributed by atoms with Crippen molar-refractivity contribution in [3.63, 3.8) is 0 Å². The minimum atomic E-state index is -0.0450. The van der Waals surface area contributed by atoms with Gasteiger partial charge in [0.05, 0.1) is 6.61 Å². The van der Waals surface area contributed by atoms with Gasteiger partial charge in [-0.05, 0) is 75.2 Å². The van der Waals surface area contributed by atoms with Crippen molar-refractivity contribution in [2.75, 3.05) is 39.5 Å². The maximum Gasteiger partial charge on any atom is 0.220 e. The van der Waals surface area contributed by atoms with Crippen LogP contribution in [0, 0.1) is 11.8 Å². The number of nitrogens with one attached hydrogen (secondary N) is 2. The number of ether oxygens (including phenoxy) is 2. The molecule has 1 unspecified atom stereocenters. The molecule has 2 saturated heterocycles. The molecule has 1 aromatic carbocycles. The van der Waals surface area contributed by atoms with Crippen molar-refractivity contribution in [2.45, 2.75) is 51.4 Å². The van der Waals surface area contributed by atoms with Gasteiger partial charge in [0.2, 0.25) is 5.91 Å². The predicted molar refractivity (Wildman–Crippen MR) is 112 cm³/mol. The number of hydrogen-bond donors (Lipinski definition) is 2. The molecule has 2 aliphatic heterocycles. The SMILES string of the molecule is CCOc1ccc(C2(CNC(=O)CC(C)C3CCNCC3)CCOCC2)cc1. The van der Waals surface area contributed by atoms with E-state index in [9.17, 15) is 4.79 Å². The van der Waals surface area contributed by atoms with Crippen LogP contribution < -0.4 is 15.4 Å². The van der Waals surface area contributed by atoms with Crippen LogP contribution in [-0.4, -0.2) is 45.4 Å². The van der Waals surface area contributed by atoms with Gasteiger partial charge in [0.1, 0.15) is 5.75 Å². The third-order valence-corrected chi connectivity index (χ3v) is 6.55. The first-order valence-electron chi connectivity index (χ1n) is 10.9. The Hall–Kier alpha value is -1.59. The average Bonchev–Trinajstić information content (AvgIpc) is 2.74. The summed E-state index contributed by atoms with van der Waals surface area (Å²) in [5.74, 6) is 2.18. The van der Waals surface area contributed by atoms with E-state index in [1.807, 2.05) is 19.1 Å². The molecule has 28 heavy (non-hydrogen) atoms. The van der Waals surface area contributed by atoms with Crippen molar-refractivity contribution in [3.8, 4) is 5.75 Å². The lowest BCUT2D eigenvalue weighted by Crippen LogP contribution is -2.45. The van der Waals surface area contributed by atoms with Crippen LogP contribution in [0.1, 0.15) is 51.5 Å². The Labute approximate surface area is 169 Å². The maximum atomic E-state index is 12.7. The van der Waals surface area contributed by atoms with Crippen LogP contribution in [0.3, 0.4) is 0 Å². The standard InChI is InChI=1S/C23H36N2O3/c1-3-28-21-6-4-20(5-7-21)23(10-14-27-15-11-23)17-25-22(26)16-18(2)19-8-12-24-13-9-19/h4-7,18-19,24H,3,8-17H2,1-2H3,(H,25,26). The van der Waals surface area contributed by atoms with Crippen LogP contribution >= 0.6 is 0 Å². The summed E-state index contributed by atoms with van der Waals surface area (Å²) in [6.07, 6.45) is 4.86. The summed E-state index contributed by atoms with van der Waals surface area (Å²) >= 11 is 0. The van der Waals surface area contributed by atoms with Gasteiger partial charge in [-0.25, -0.2) is 0 Å². The first-order valence-corrected chi connectivity index (χ1v) is 10.9. The highest BCUT2D eigenvalue weighted by Gasteiger charge is 2.35. The molecule has 5 nitrogen and oxygen atoms in total. The molecule has 2 aliphatic rings. The van der Waals surface area contributed by atoms with Gasteiger partial charge in [-0.1, -0.05) is 19.1 Å². The Morgan fingerprint density at radius 3 is 2.57 bits per heavy atom. The minimum Gasteiger partial charge on any atom is -0.494 e. The fourth-order valence-electron chi connectivity index (χ4n) is 4.61. The lowest BCUT2D eigenvalue weighted by atomic mass is 9.74. The van der Waals surface area contributed by atoms with Gasteiger partial charge < -0.3 is 20.1 Å². The van der Waals surface area contributed by atoms with E-state index >= 15 is 0 Å². The van der Waals surface area contributed by atoms with Crippen LogP contribution in [0.4, 0.5) is 0 Å². The smallest absolute Gasteiger partial charge is 0.220 e. The predicted octanol–water partition coefficient (Wildman–Crippen LogP) is 3.28. The summed E-state index contributed by atoms with van der Waals surface area (Å²) in [6, 6.07) is 8.38. The van der Waals surface area contributed by atoms with Gasteiger partial charge in [0.25, 0.3) is 0 Å². The Balaban J connectivity index is 1.59. The Morgan fingerprint density at radius 1 is 1.25 bits per heavy atom. The van der Waals surface area contributed by atoms with E-state index in [1.54, 1.807) is 0 Å². The van der Waals surface area contributed by atoms with E-state index in [2.05, 4.69) is 29.7 Å². The Morgan fingerprint density at radius 2 is 1.93 bits per heavy atom. The largest absolute Gasteiger partial charge is 0.494 e. The summed E-state index contributed by atoms with van der Waals surface area (Å²) in [4.78, 5) is 12.7. The molecule has 0 aromatic heterocycles. The second-order valence-electron chi connectivity index (χ2n) is 8.40. The number of carbonyl (C=O) groups is 1. The van der Waals surface area contributed by atoms with Crippen molar-refractivity contribution < 1.29 is 14.3 Å². The van der Waals surface area contributed by atoms with Crippen molar-refractivity contribution in [3.05, 3.63) is 29.8 Å². The third kappa shape index (κ3) is 5.48. The highest BCUT2D eigenvalue weighted by Crippen LogP contribution is 2.35. The van der Waals surface area contributed by atoms with Crippen LogP contribution in [-0.2, 0) is 14.9 Å². The fraction of sp³-hybridized carbons (Fsp3) is 0.696. The van der Waals surface area contributed by atoms with Crippen molar-refractivity contribution in [1.82, 2.24) is 10.6 Å². The lowest BCUT2D eigenvalue weighted by Gasteiger charge is -2.38. The fourth-order valence-corrected chi connectivity index (χ4v) is 4.61. The van der Waals surface area contributed by atoms with Gasteiger partial charge in [0, 0.05) is 31.6 Å². The molecule has 0 radical (unpaired) electrons. The summed E-state index contributed by atoms with van der Waals surface area (Å²) < 4.78 is 11.2. The number of rotatable bonds is 8. The van der Waals surface area contributed by atoms with Crippen molar-refractivity contribution >= 4 is 5.91 Å². The molecule has 2 N–H and O–H groups in total. The topological polar surface area (TPSA) is 59.6 Å². The highest BCUT2D eigenvalue weighted by atomic mass is 16.5. The Bertz CT molecular complexity index is 605. The van der Waals surface area contributed by atoms with E-state index < -0.39 is 0 Å². The van der Waals surface area contributed by atoms with Crippen LogP contribution in [0.15, 0.2) is 24.3 Å². The Kier molecular flexibility index (Phi) is 7.74. The molecule has 5 heteroatoms. The summed E-state index contributed by atoms with van der Waals surface area (Å²) in [5, 5.41) is 6.66. The second-order valence-corrected chi connectivity index (χ2v) is 8.40. The number of hydrogen-bond acceptors (Lipinski definition) is 4. The van der Waals surface area contributed by atoms with E-state index in [4.69, 9.17) is 9.47 Å². The second kappa shape index (κ2) is 10.3. The maximum absolute atomic E-state index is 12.7. The minimum absolute atomic E-state index is 0.0450. The zero-order valence-corrected chi connectivity index (χ0v) is 17.5. The number of amides is 1. The summed E-state index contributed by atoms with van der Waals surface area (Å²) in [6.45, 7) is 9.23. The number of carbonyl (C=O) groups excluding carboxylic acids is 1. The van der Waals surface area contributed by atoms with E-state index in [0.717, 1.165) is 44.9 Å². The molecule has 0 bridgehead atoms. The molecule has 0 spiro atoms. The molecule has 2 heterocycles. The summed E-state index contributed by atoms with van der Waals surface area (Å²) in [7, 11) is 0. The zero-order valence-electron chi connectivity index (χ0n) is 17.5. The first-order chi connectivity index (χ1) is 13.6. The molecule has 0 saturated carbocycles. The molecular weight excluding hydrogens is 352 g/mol. The highest BCUT2D eigenvalue weighted by molar-refractivity contribution is 5.76. The lowest BCUT2D eigenvalue weighted by molar-refractivity contribution is -0.122. The van der Waals surface area contributed by atoms with Gasteiger partial charge in [-0.15, -0.1) is 0 Å². The van der Waals surface area contributed by atoms with Crippen molar-refractivity contribution in [2.24, 2.45) is 11.8 Å². The van der Waals surface area contributed by atoms with Gasteiger partial charge >= 0.3 is 0 Å². The molecule has 1 aromatic rings. The summed E-state index contributed by atoms with van der Waals surface area (Å²) in [5.41, 5.74) is 1.22. The molecule has 0 aliphatic carbocycles. The molecule has 2 fully saturated rings. The average molecular weight is 389 g/mol. The van der Waals surface area contributed by atoms with Crippen LogP contribution in [0.25, 0.3) is 0 Å². The van der Waals surface area contributed by atoms with Crippen molar-refractivity contribution in [1.29, 1.82) is 0 Å². The number of piperidine rings is 1. The molecule has 3 rings (SSSR count). The van der Waals surface area contributed by atoms with Gasteiger partial charge in [-0.3, -0.25) is 4.79 Å². The molecule has 1 atom stereocenters. The number of benzene rings is 1. The normalized spacial score (nSPS) is 21.1. The quantitative estimate of drug-likeness (QED) is 0.718. The first kappa shape index (κ1) is 21.1. The van der Waals surface area contributed by atoms with E-state index in [1.165, 1.54) is 18.4 Å². The van der Waals surface area contributed by atoms with E-state index in [0.29, 0.717) is 31.4 Å².